The lowest BCUT2D eigenvalue weighted by Crippen LogP contribution is -2.01. The molecule has 2 heteroatoms. The van der Waals surface area contributed by atoms with Crippen LogP contribution in [0.1, 0.15) is 38.7 Å². The molecule has 0 amide bonds. The summed E-state index contributed by atoms with van der Waals surface area (Å²) >= 11 is 0. The second-order valence-corrected chi connectivity index (χ2v) is 3.87. The standard InChI is InChI=1S/C15H20O2/c1-5-8-12(4)14-11-13(16-6-2)9-10-15(14)17-7-3/h1,9-12H,6-8H2,2-4H3. The molecule has 0 radical (unpaired) electrons. The Morgan fingerprint density at radius 1 is 1.24 bits per heavy atom. The number of ether oxygens (including phenoxy) is 2. The Morgan fingerprint density at radius 2 is 1.94 bits per heavy atom. The van der Waals surface area contributed by atoms with E-state index < -0.39 is 0 Å². The third-order valence-corrected chi connectivity index (χ3v) is 2.55. The minimum atomic E-state index is 0.280. The summed E-state index contributed by atoms with van der Waals surface area (Å²) in [6.07, 6.45) is 6.07. The molecule has 92 valence electrons. The van der Waals surface area contributed by atoms with Crippen LogP contribution < -0.4 is 9.47 Å². The summed E-state index contributed by atoms with van der Waals surface area (Å²) in [4.78, 5) is 0. The zero-order chi connectivity index (χ0) is 12.7. The molecule has 1 aromatic rings. The fourth-order valence-corrected chi connectivity index (χ4v) is 1.74. The van der Waals surface area contributed by atoms with Gasteiger partial charge in [0.25, 0.3) is 0 Å². The maximum absolute atomic E-state index is 5.61. The van der Waals surface area contributed by atoms with Gasteiger partial charge in [-0.05, 0) is 38.0 Å². The third-order valence-electron chi connectivity index (χ3n) is 2.55. The Kier molecular flexibility index (Phi) is 5.42. The summed E-state index contributed by atoms with van der Waals surface area (Å²) in [6, 6.07) is 5.91. The highest BCUT2D eigenvalue weighted by Crippen LogP contribution is 2.32. The van der Waals surface area contributed by atoms with E-state index in [1.54, 1.807) is 0 Å². The van der Waals surface area contributed by atoms with Crippen molar-refractivity contribution in [2.24, 2.45) is 0 Å². The van der Waals surface area contributed by atoms with Crippen molar-refractivity contribution < 1.29 is 9.47 Å². The second-order valence-electron chi connectivity index (χ2n) is 3.87. The lowest BCUT2D eigenvalue weighted by Gasteiger charge is -2.16. The molecule has 0 saturated carbocycles. The van der Waals surface area contributed by atoms with Gasteiger partial charge in [0.05, 0.1) is 13.2 Å². The van der Waals surface area contributed by atoms with E-state index in [0.29, 0.717) is 19.6 Å². The summed E-state index contributed by atoms with van der Waals surface area (Å²) in [5, 5.41) is 0. The smallest absolute Gasteiger partial charge is 0.123 e. The van der Waals surface area contributed by atoms with Crippen LogP contribution in [0.2, 0.25) is 0 Å². The quantitative estimate of drug-likeness (QED) is 0.697. The topological polar surface area (TPSA) is 18.5 Å². The van der Waals surface area contributed by atoms with Gasteiger partial charge < -0.3 is 9.47 Å². The minimum Gasteiger partial charge on any atom is -0.494 e. The van der Waals surface area contributed by atoms with Crippen molar-refractivity contribution in [3.63, 3.8) is 0 Å². The molecule has 1 unspecified atom stereocenters. The molecule has 17 heavy (non-hydrogen) atoms. The van der Waals surface area contributed by atoms with Crippen molar-refractivity contribution in [2.75, 3.05) is 13.2 Å². The summed E-state index contributed by atoms with van der Waals surface area (Å²) < 4.78 is 11.1. The van der Waals surface area contributed by atoms with Crippen LogP contribution in [0.15, 0.2) is 18.2 Å². The van der Waals surface area contributed by atoms with E-state index in [1.165, 1.54) is 0 Å². The van der Waals surface area contributed by atoms with Gasteiger partial charge in [0, 0.05) is 12.0 Å². The Labute approximate surface area is 104 Å². The molecule has 0 heterocycles. The SMILES string of the molecule is C#CCC(C)c1cc(OCC)ccc1OCC. The summed E-state index contributed by atoms with van der Waals surface area (Å²) in [5.41, 5.74) is 1.12. The van der Waals surface area contributed by atoms with Gasteiger partial charge >= 0.3 is 0 Å². The Morgan fingerprint density at radius 3 is 2.53 bits per heavy atom. The molecule has 0 aromatic heterocycles. The van der Waals surface area contributed by atoms with Crippen LogP contribution >= 0.6 is 0 Å². The molecule has 0 saturated heterocycles. The number of hydrogen-bond acceptors (Lipinski definition) is 2. The van der Waals surface area contributed by atoms with Gasteiger partial charge in [-0.2, -0.15) is 0 Å². The predicted molar refractivity (Wildman–Crippen MR) is 70.6 cm³/mol. The molecule has 1 atom stereocenters. The van der Waals surface area contributed by atoms with Crippen LogP contribution in [-0.2, 0) is 0 Å². The van der Waals surface area contributed by atoms with Crippen LogP contribution in [0.5, 0.6) is 11.5 Å². The first-order valence-electron chi connectivity index (χ1n) is 6.05. The predicted octanol–water partition coefficient (Wildman–Crippen LogP) is 3.61. The average Bonchev–Trinajstić information content (AvgIpc) is 2.32. The first-order chi connectivity index (χ1) is 8.22. The molecule has 0 aliphatic carbocycles. The summed E-state index contributed by atoms with van der Waals surface area (Å²) in [6.45, 7) is 7.38. The fraction of sp³-hybridized carbons (Fsp3) is 0.467. The van der Waals surface area contributed by atoms with Crippen LogP contribution in [0, 0.1) is 12.3 Å². The number of benzene rings is 1. The highest BCUT2D eigenvalue weighted by Gasteiger charge is 2.12. The monoisotopic (exact) mass is 232 g/mol. The molecule has 0 fully saturated rings. The van der Waals surface area contributed by atoms with E-state index in [9.17, 15) is 0 Å². The third kappa shape index (κ3) is 3.71. The zero-order valence-electron chi connectivity index (χ0n) is 10.8. The van der Waals surface area contributed by atoms with Crippen LogP contribution in [0.25, 0.3) is 0 Å². The Hall–Kier alpha value is -1.62. The van der Waals surface area contributed by atoms with Crippen molar-refractivity contribution in [3.8, 4) is 23.8 Å². The van der Waals surface area contributed by atoms with Crippen molar-refractivity contribution in [3.05, 3.63) is 23.8 Å². The molecular weight excluding hydrogens is 212 g/mol. The Bertz CT molecular complexity index is 390. The van der Waals surface area contributed by atoms with E-state index in [1.807, 2.05) is 32.0 Å². The molecule has 0 aliphatic heterocycles. The minimum absolute atomic E-state index is 0.280. The first kappa shape index (κ1) is 13.4. The molecule has 0 N–H and O–H groups in total. The first-order valence-corrected chi connectivity index (χ1v) is 6.05. The highest BCUT2D eigenvalue weighted by molar-refractivity contribution is 5.42. The fourth-order valence-electron chi connectivity index (χ4n) is 1.74. The van der Waals surface area contributed by atoms with E-state index in [4.69, 9.17) is 15.9 Å². The summed E-state index contributed by atoms with van der Waals surface area (Å²) in [5.74, 6) is 4.74. The van der Waals surface area contributed by atoms with E-state index in [2.05, 4.69) is 12.8 Å². The number of hydrogen-bond donors (Lipinski definition) is 0. The number of rotatable bonds is 6. The van der Waals surface area contributed by atoms with Gasteiger partial charge in [-0.1, -0.05) is 6.92 Å². The van der Waals surface area contributed by atoms with Crippen LogP contribution in [0.4, 0.5) is 0 Å². The maximum atomic E-state index is 5.61. The lowest BCUT2D eigenvalue weighted by atomic mass is 9.97. The van der Waals surface area contributed by atoms with Gasteiger partial charge in [-0.15, -0.1) is 12.3 Å². The van der Waals surface area contributed by atoms with Crippen molar-refractivity contribution >= 4 is 0 Å². The number of terminal acetylenes is 1. The van der Waals surface area contributed by atoms with E-state index in [0.717, 1.165) is 17.1 Å². The molecule has 0 bridgehead atoms. The molecule has 1 rings (SSSR count). The molecule has 2 nitrogen and oxygen atoms in total. The van der Waals surface area contributed by atoms with Gasteiger partial charge in [-0.3, -0.25) is 0 Å². The summed E-state index contributed by atoms with van der Waals surface area (Å²) in [7, 11) is 0. The van der Waals surface area contributed by atoms with Gasteiger partial charge in [-0.25, -0.2) is 0 Å². The van der Waals surface area contributed by atoms with Crippen LogP contribution in [0.3, 0.4) is 0 Å². The normalized spacial score (nSPS) is 11.6. The highest BCUT2D eigenvalue weighted by atomic mass is 16.5. The van der Waals surface area contributed by atoms with Gasteiger partial charge in [0.2, 0.25) is 0 Å². The van der Waals surface area contributed by atoms with Crippen molar-refractivity contribution in [1.29, 1.82) is 0 Å². The Balaban J connectivity index is 3.02. The average molecular weight is 232 g/mol. The van der Waals surface area contributed by atoms with Crippen molar-refractivity contribution in [1.82, 2.24) is 0 Å². The zero-order valence-corrected chi connectivity index (χ0v) is 10.8. The molecule has 0 aliphatic rings. The van der Waals surface area contributed by atoms with Gasteiger partial charge in [0.15, 0.2) is 0 Å². The van der Waals surface area contributed by atoms with E-state index in [-0.39, 0.29) is 5.92 Å². The second kappa shape index (κ2) is 6.85. The van der Waals surface area contributed by atoms with E-state index >= 15 is 0 Å². The molecule has 1 aromatic carbocycles. The van der Waals surface area contributed by atoms with Gasteiger partial charge in [0.1, 0.15) is 11.5 Å². The van der Waals surface area contributed by atoms with Crippen LogP contribution in [-0.4, -0.2) is 13.2 Å². The van der Waals surface area contributed by atoms with Crippen molar-refractivity contribution in [2.45, 2.75) is 33.1 Å². The molecule has 0 spiro atoms. The largest absolute Gasteiger partial charge is 0.494 e. The lowest BCUT2D eigenvalue weighted by molar-refractivity contribution is 0.326. The molecular formula is C15H20O2. The maximum Gasteiger partial charge on any atom is 0.123 e.